The quantitative estimate of drug-likeness (QED) is 0.801. The molecule has 4 nitrogen and oxygen atoms in total. The molecule has 0 saturated carbocycles. The highest BCUT2D eigenvalue weighted by Crippen LogP contribution is 2.22. The first-order valence-corrected chi connectivity index (χ1v) is 5.63. The van der Waals surface area contributed by atoms with E-state index < -0.39 is 16.8 Å². The predicted octanol–water partition coefficient (Wildman–Crippen LogP) is 1.45. The third kappa shape index (κ3) is 2.90. The lowest BCUT2D eigenvalue weighted by Crippen LogP contribution is -2.04. The van der Waals surface area contributed by atoms with Crippen molar-refractivity contribution in [3.63, 3.8) is 0 Å². The molecule has 0 unspecified atom stereocenters. The van der Waals surface area contributed by atoms with E-state index in [1.807, 2.05) is 0 Å². The number of halogens is 1. The van der Waals surface area contributed by atoms with Crippen molar-refractivity contribution in [3.8, 4) is 5.75 Å². The second kappa shape index (κ2) is 4.59. The molecular formula is C9H11FO4S. The fraction of sp³-hybridized carbons (Fsp3) is 0.333. The van der Waals surface area contributed by atoms with Crippen molar-refractivity contribution in [1.29, 1.82) is 0 Å². The van der Waals surface area contributed by atoms with Crippen LogP contribution in [0.2, 0.25) is 0 Å². The van der Waals surface area contributed by atoms with E-state index in [-0.39, 0.29) is 16.9 Å². The van der Waals surface area contributed by atoms with Crippen LogP contribution in [0.25, 0.3) is 0 Å². The van der Waals surface area contributed by atoms with Gasteiger partial charge >= 0.3 is 0 Å². The van der Waals surface area contributed by atoms with Gasteiger partial charge in [0.2, 0.25) is 0 Å². The molecule has 0 aliphatic carbocycles. The number of alkyl halides is 1. The van der Waals surface area contributed by atoms with E-state index >= 15 is 0 Å². The summed E-state index contributed by atoms with van der Waals surface area (Å²) in [6, 6.07) is 3.98. The molecule has 1 aromatic carbocycles. The van der Waals surface area contributed by atoms with Gasteiger partial charge in [0, 0.05) is 6.42 Å². The lowest BCUT2D eigenvalue weighted by molar-refractivity contribution is 0.412. The Morgan fingerprint density at radius 1 is 1.47 bits per heavy atom. The Kier molecular flexibility index (Phi) is 3.65. The molecule has 1 N–H and O–H groups in total. The highest BCUT2D eigenvalue weighted by molar-refractivity contribution is 7.85. The van der Waals surface area contributed by atoms with Crippen LogP contribution < -0.4 is 4.74 Å². The van der Waals surface area contributed by atoms with E-state index in [1.165, 1.54) is 25.3 Å². The minimum absolute atomic E-state index is 0.0771. The molecule has 0 amide bonds. The minimum Gasteiger partial charge on any atom is -0.497 e. The molecule has 1 rings (SSSR count). The van der Waals surface area contributed by atoms with E-state index in [0.29, 0.717) is 5.75 Å². The number of aryl methyl sites for hydroxylation is 1. The Hall–Kier alpha value is -1.14. The Morgan fingerprint density at radius 2 is 2.13 bits per heavy atom. The highest BCUT2D eigenvalue weighted by atomic mass is 32.2. The SMILES string of the molecule is COc1ccc(S(=O)(=O)O)c(CCF)c1. The highest BCUT2D eigenvalue weighted by Gasteiger charge is 2.15. The van der Waals surface area contributed by atoms with Crippen molar-refractivity contribution < 1.29 is 22.1 Å². The van der Waals surface area contributed by atoms with Gasteiger partial charge in [0.05, 0.1) is 18.7 Å². The van der Waals surface area contributed by atoms with E-state index in [9.17, 15) is 12.8 Å². The van der Waals surface area contributed by atoms with Gasteiger partial charge in [0.15, 0.2) is 0 Å². The summed E-state index contributed by atoms with van der Waals surface area (Å²) in [4.78, 5) is -0.277. The molecule has 1 aromatic rings. The van der Waals surface area contributed by atoms with Gasteiger partial charge in [-0.3, -0.25) is 8.94 Å². The number of rotatable bonds is 4. The summed E-state index contributed by atoms with van der Waals surface area (Å²) >= 11 is 0. The van der Waals surface area contributed by atoms with E-state index in [2.05, 4.69) is 0 Å². The summed E-state index contributed by atoms with van der Waals surface area (Å²) in [7, 11) is -2.88. The maximum absolute atomic E-state index is 12.2. The molecular weight excluding hydrogens is 223 g/mol. The average molecular weight is 234 g/mol. The summed E-state index contributed by atoms with van der Waals surface area (Å²) in [6.07, 6.45) is -0.0771. The smallest absolute Gasteiger partial charge is 0.294 e. The van der Waals surface area contributed by atoms with Crippen LogP contribution in [0, 0.1) is 0 Å². The number of methoxy groups -OCH3 is 1. The van der Waals surface area contributed by atoms with Crippen LogP contribution in [0.3, 0.4) is 0 Å². The summed E-state index contributed by atoms with van der Waals surface area (Å²) in [5.41, 5.74) is 0.208. The average Bonchev–Trinajstić information content (AvgIpc) is 2.16. The first kappa shape index (κ1) is 11.9. The summed E-state index contributed by atoms with van der Waals surface area (Å²) in [5.74, 6) is 0.422. The molecule has 0 aliphatic rings. The van der Waals surface area contributed by atoms with Gasteiger partial charge in [-0.25, -0.2) is 0 Å². The molecule has 0 bridgehead atoms. The standard InChI is InChI=1S/C9H11FO4S/c1-14-8-2-3-9(15(11,12)13)7(6-8)4-5-10/h2-3,6H,4-5H2,1H3,(H,11,12,13). The molecule has 6 heteroatoms. The van der Waals surface area contributed by atoms with Crippen LogP contribution in [-0.2, 0) is 16.5 Å². The lowest BCUT2D eigenvalue weighted by Gasteiger charge is -2.07. The lowest BCUT2D eigenvalue weighted by atomic mass is 10.1. The zero-order valence-corrected chi connectivity index (χ0v) is 8.92. The first-order valence-electron chi connectivity index (χ1n) is 4.19. The zero-order chi connectivity index (χ0) is 11.5. The molecule has 15 heavy (non-hydrogen) atoms. The van der Waals surface area contributed by atoms with E-state index in [1.54, 1.807) is 0 Å². The summed E-state index contributed by atoms with van der Waals surface area (Å²) < 4.78 is 47.7. The minimum atomic E-state index is -4.30. The van der Waals surface area contributed by atoms with Gasteiger partial charge in [-0.2, -0.15) is 8.42 Å². The van der Waals surface area contributed by atoms with Crippen LogP contribution in [0.15, 0.2) is 23.1 Å². The van der Waals surface area contributed by atoms with Crippen molar-refractivity contribution in [2.24, 2.45) is 0 Å². The van der Waals surface area contributed by atoms with Crippen LogP contribution in [0.5, 0.6) is 5.75 Å². The Balaban J connectivity index is 3.27. The fourth-order valence-electron chi connectivity index (χ4n) is 1.23. The molecule has 0 spiro atoms. The van der Waals surface area contributed by atoms with Crippen molar-refractivity contribution in [2.75, 3.05) is 13.8 Å². The molecule has 84 valence electrons. The number of ether oxygens (including phenoxy) is 1. The zero-order valence-electron chi connectivity index (χ0n) is 8.10. The summed E-state index contributed by atoms with van der Waals surface area (Å²) in [6.45, 7) is -0.699. The third-order valence-corrected chi connectivity index (χ3v) is 2.86. The largest absolute Gasteiger partial charge is 0.497 e. The summed E-state index contributed by atoms with van der Waals surface area (Å²) in [5, 5.41) is 0. The second-order valence-electron chi connectivity index (χ2n) is 2.89. The van der Waals surface area contributed by atoms with Crippen LogP contribution in [-0.4, -0.2) is 26.8 Å². The van der Waals surface area contributed by atoms with Gasteiger partial charge in [-0.15, -0.1) is 0 Å². The van der Waals surface area contributed by atoms with Crippen molar-refractivity contribution in [3.05, 3.63) is 23.8 Å². The first-order chi connectivity index (χ1) is 6.99. The Bertz CT molecular complexity index is 441. The normalized spacial score (nSPS) is 11.4. The van der Waals surface area contributed by atoms with Crippen molar-refractivity contribution in [2.45, 2.75) is 11.3 Å². The monoisotopic (exact) mass is 234 g/mol. The topological polar surface area (TPSA) is 63.6 Å². The van der Waals surface area contributed by atoms with Crippen LogP contribution in [0.1, 0.15) is 5.56 Å². The van der Waals surface area contributed by atoms with Crippen molar-refractivity contribution >= 4 is 10.1 Å². The van der Waals surface area contributed by atoms with E-state index in [0.717, 1.165) is 0 Å². The molecule has 0 atom stereocenters. The molecule has 0 aromatic heterocycles. The molecule has 0 radical (unpaired) electrons. The van der Waals surface area contributed by atoms with E-state index in [4.69, 9.17) is 9.29 Å². The number of hydrogen-bond acceptors (Lipinski definition) is 3. The third-order valence-electron chi connectivity index (χ3n) is 1.91. The molecule has 0 saturated heterocycles. The van der Waals surface area contributed by atoms with Gasteiger partial charge < -0.3 is 4.74 Å². The number of benzene rings is 1. The molecule has 0 aliphatic heterocycles. The molecule has 0 heterocycles. The maximum Gasteiger partial charge on any atom is 0.294 e. The van der Waals surface area contributed by atoms with Crippen molar-refractivity contribution in [1.82, 2.24) is 0 Å². The van der Waals surface area contributed by atoms with Gasteiger partial charge in [0.25, 0.3) is 10.1 Å². The van der Waals surface area contributed by atoms with Gasteiger partial charge in [-0.05, 0) is 23.8 Å². The van der Waals surface area contributed by atoms with Crippen LogP contribution >= 0.6 is 0 Å². The maximum atomic E-state index is 12.2. The number of hydrogen-bond donors (Lipinski definition) is 1. The van der Waals surface area contributed by atoms with Gasteiger partial charge in [0.1, 0.15) is 5.75 Å². The molecule has 0 fully saturated rings. The van der Waals surface area contributed by atoms with Crippen LogP contribution in [0.4, 0.5) is 4.39 Å². The Labute approximate surface area is 87.4 Å². The van der Waals surface area contributed by atoms with Gasteiger partial charge in [-0.1, -0.05) is 0 Å². The second-order valence-corrected chi connectivity index (χ2v) is 4.28. The Morgan fingerprint density at radius 3 is 2.60 bits per heavy atom. The predicted molar refractivity (Wildman–Crippen MR) is 52.5 cm³/mol. The fourth-order valence-corrected chi connectivity index (χ4v) is 1.96.